The number of hydrogen-bond donors (Lipinski definition) is 1. The number of rotatable bonds is 2. The minimum Gasteiger partial charge on any atom is -0.360 e. The Labute approximate surface area is 108 Å². The van der Waals surface area contributed by atoms with E-state index in [9.17, 15) is 14.4 Å². The summed E-state index contributed by atoms with van der Waals surface area (Å²) in [7, 11) is 0. The molecule has 0 saturated heterocycles. The molecule has 0 radical (unpaired) electrons. The third-order valence-corrected chi connectivity index (χ3v) is 2.65. The Bertz CT molecular complexity index is 632. The SMILES string of the molecule is CC(=O)C(=[N+]=[N-])C(=O)N1CC(=O)Nc2ccccc21. The Morgan fingerprint density at radius 2 is 2.05 bits per heavy atom. The molecular formula is C12H10N4O3. The van der Waals surface area contributed by atoms with E-state index >= 15 is 0 Å². The lowest BCUT2D eigenvalue weighted by molar-refractivity contribution is -0.124. The van der Waals surface area contributed by atoms with Gasteiger partial charge in [0.1, 0.15) is 6.54 Å². The van der Waals surface area contributed by atoms with Crippen molar-refractivity contribution in [2.24, 2.45) is 0 Å². The van der Waals surface area contributed by atoms with Crippen molar-refractivity contribution < 1.29 is 19.2 Å². The highest BCUT2D eigenvalue weighted by molar-refractivity contribution is 6.65. The molecule has 0 spiro atoms. The molecule has 7 heteroatoms. The number of amides is 2. The molecule has 96 valence electrons. The average Bonchev–Trinajstić information content (AvgIpc) is 2.37. The standard InChI is InChI=1S/C12H10N4O3/c1-7(17)11(15-13)12(19)16-6-10(18)14-8-4-2-3-5-9(8)16/h2-5H,6H2,1H3,(H,14,18). The molecule has 2 amide bonds. The van der Waals surface area contributed by atoms with E-state index < -0.39 is 17.4 Å². The fourth-order valence-electron chi connectivity index (χ4n) is 1.81. The molecule has 0 bridgehead atoms. The van der Waals surface area contributed by atoms with Gasteiger partial charge in [-0.15, -0.1) is 0 Å². The van der Waals surface area contributed by atoms with Crippen LogP contribution in [0.1, 0.15) is 6.92 Å². The molecule has 0 unspecified atom stereocenters. The van der Waals surface area contributed by atoms with Gasteiger partial charge in [0.25, 0.3) is 0 Å². The van der Waals surface area contributed by atoms with Gasteiger partial charge in [0.2, 0.25) is 11.7 Å². The third-order valence-electron chi connectivity index (χ3n) is 2.65. The number of benzene rings is 1. The highest BCUT2D eigenvalue weighted by Crippen LogP contribution is 2.28. The Morgan fingerprint density at radius 1 is 1.37 bits per heavy atom. The Kier molecular flexibility index (Phi) is 3.22. The predicted octanol–water partition coefficient (Wildman–Crippen LogP) is 0.231. The van der Waals surface area contributed by atoms with Crippen LogP contribution in [0.15, 0.2) is 24.3 Å². The Hall–Kier alpha value is -2.79. The molecule has 1 N–H and O–H groups in total. The van der Waals surface area contributed by atoms with Gasteiger partial charge in [0.05, 0.1) is 11.4 Å². The molecule has 1 aliphatic heterocycles. The van der Waals surface area contributed by atoms with Crippen LogP contribution in [0.4, 0.5) is 11.4 Å². The number of ketones is 1. The number of hydrogen-bond acceptors (Lipinski definition) is 3. The summed E-state index contributed by atoms with van der Waals surface area (Å²) < 4.78 is 0. The first kappa shape index (κ1) is 12.7. The van der Waals surface area contributed by atoms with Gasteiger partial charge in [0, 0.05) is 6.92 Å². The molecule has 2 rings (SSSR count). The van der Waals surface area contributed by atoms with E-state index in [1.54, 1.807) is 24.3 Å². The fraction of sp³-hybridized carbons (Fsp3) is 0.167. The lowest BCUT2D eigenvalue weighted by Crippen LogP contribution is -2.47. The molecule has 1 aliphatic rings. The quantitative estimate of drug-likeness (QED) is 0.355. The van der Waals surface area contributed by atoms with Gasteiger partial charge in [-0.3, -0.25) is 19.3 Å². The third kappa shape index (κ3) is 2.27. The van der Waals surface area contributed by atoms with Crippen LogP contribution in [-0.2, 0) is 14.4 Å². The largest absolute Gasteiger partial charge is 0.421 e. The van der Waals surface area contributed by atoms with E-state index in [4.69, 9.17) is 5.53 Å². The van der Waals surface area contributed by atoms with Crippen LogP contribution < -0.4 is 10.2 Å². The van der Waals surface area contributed by atoms with E-state index in [0.717, 1.165) is 11.8 Å². The first-order valence-electron chi connectivity index (χ1n) is 5.48. The number of Topliss-reactive ketones (excluding diaryl/α,β-unsaturated/α-hetero) is 1. The van der Waals surface area contributed by atoms with Gasteiger partial charge < -0.3 is 10.8 Å². The van der Waals surface area contributed by atoms with Crippen LogP contribution in [-0.4, -0.2) is 34.6 Å². The second kappa shape index (κ2) is 4.83. The lowest BCUT2D eigenvalue weighted by Gasteiger charge is -2.27. The van der Waals surface area contributed by atoms with Crippen LogP contribution in [0, 0.1) is 0 Å². The summed E-state index contributed by atoms with van der Waals surface area (Å²) in [6.07, 6.45) is 0. The van der Waals surface area contributed by atoms with E-state index in [0.29, 0.717) is 11.4 Å². The number of anilines is 2. The molecule has 1 aromatic rings. The summed E-state index contributed by atoms with van der Waals surface area (Å²) in [5.41, 5.74) is 9.04. The maximum absolute atomic E-state index is 12.1. The molecule has 0 fully saturated rings. The zero-order chi connectivity index (χ0) is 14.0. The smallest absolute Gasteiger partial charge is 0.360 e. The van der Waals surface area contributed by atoms with E-state index in [2.05, 4.69) is 10.1 Å². The minimum absolute atomic E-state index is 0.234. The lowest BCUT2D eigenvalue weighted by atomic mass is 10.1. The van der Waals surface area contributed by atoms with E-state index in [1.165, 1.54) is 0 Å². The van der Waals surface area contributed by atoms with Crippen LogP contribution >= 0.6 is 0 Å². The number of carbonyl (C=O) groups is 3. The van der Waals surface area contributed by atoms with Gasteiger partial charge in [0.15, 0.2) is 0 Å². The zero-order valence-corrected chi connectivity index (χ0v) is 10.1. The van der Waals surface area contributed by atoms with Crippen molar-refractivity contribution in [3.8, 4) is 0 Å². The van der Waals surface area contributed by atoms with E-state index in [-0.39, 0.29) is 12.5 Å². The number of para-hydroxylation sites is 2. The minimum atomic E-state index is -0.808. The number of fused-ring (bicyclic) bond motifs is 1. The normalized spacial score (nSPS) is 13.1. The molecule has 1 aromatic carbocycles. The van der Waals surface area contributed by atoms with Gasteiger partial charge >= 0.3 is 11.6 Å². The van der Waals surface area contributed by atoms with Gasteiger partial charge in [-0.2, -0.15) is 4.79 Å². The number of nitrogens with one attached hydrogen (secondary N) is 1. The first-order valence-corrected chi connectivity index (χ1v) is 5.48. The molecule has 0 aliphatic carbocycles. The molecular weight excluding hydrogens is 248 g/mol. The Balaban J connectivity index is 2.46. The van der Waals surface area contributed by atoms with Crippen LogP contribution in [0.2, 0.25) is 0 Å². The van der Waals surface area contributed by atoms with Crippen molar-refractivity contribution in [3.63, 3.8) is 0 Å². The highest BCUT2D eigenvalue weighted by atomic mass is 16.2. The summed E-state index contributed by atoms with van der Waals surface area (Å²) >= 11 is 0. The van der Waals surface area contributed by atoms with Crippen molar-refractivity contribution in [3.05, 3.63) is 29.8 Å². The summed E-state index contributed by atoms with van der Waals surface area (Å²) in [6, 6.07) is 6.66. The zero-order valence-electron chi connectivity index (χ0n) is 10.1. The highest BCUT2D eigenvalue weighted by Gasteiger charge is 2.36. The second-order valence-corrected chi connectivity index (χ2v) is 3.96. The molecule has 0 saturated carbocycles. The molecule has 0 atom stereocenters. The van der Waals surface area contributed by atoms with Crippen molar-refractivity contribution >= 4 is 34.7 Å². The Morgan fingerprint density at radius 3 is 2.68 bits per heavy atom. The predicted molar refractivity (Wildman–Crippen MR) is 66.7 cm³/mol. The second-order valence-electron chi connectivity index (χ2n) is 3.96. The van der Waals surface area contributed by atoms with Gasteiger partial charge in [-0.1, -0.05) is 12.1 Å². The van der Waals surface area contributed by atoms with Gasteiger partial charge in [-0.05, 0) is 12.1 Å². The monoisotopic (exact) mass is 258 g/mol. The summed E-state index contributed by atoms with van der Waals surface area (Å²) in [5, 5.41) is 2.61. The summed E-state index contributed by atoms with van der Waals surface area (Å²) in [6.45, 7) is 0.880. The first-order chi connectivity index (χ1) is 9.04. The number of carbonyl (C=O) groups excluding carboxylic acids is 3. The number of nitrogens with zero attached hydrogens (tertiary/aromatic N) is 3. The average molecular weight is 258 g/mol. The van der Waals surface area contributed by atoms with Crippen molar-refractivity contribution in [1.29, 1.82) is 0 Å². The van der Waals surface area contributed by atoms with Gasteiger partial charge in [-0.25, -0.2) is 0 Å². The van der Waals surface area contributed by atoms with Crippen molar-refractivity contribution in [2.45, 2.75) is 6.92 Å². The van der Waals surface area contributed by atoms with Crippen molar-refractivity contribution in [1.82, 2.24) is 0 Å². The summed E-state index contributed by atoms with van der Waals surface area (Å²) in [5.74, 6) is -1.86. The summed E-state index contributed by atoms with van der Waals surface area (Å²) in [4.78, 5) is 38.7. The molecule has 0 aromatic heterocycles. The molecule has 19 heavy (non-hydrogen) atoms. The van der Waals surface area contributed by atoms with Crippen LogP contribution in [0.25, 0.3) is 5.53 Å². The topological polar surface area (TPSA) is 103 Å². The maximum Gasteiger partial charge on any atom is 0.421 e. The maximum atomic E-state index is 12.1. The van der Waals surface area contributed by atoms with Crippen LogP contribution in [0.5, 0.6) is 0 Å². The van der Waals surface area contributed by atoms with E-state index in [1.807, 2.05) is 0 Å². The van der Waals surface area contributed by atoms with Crippen LogP contribution in [0.3, 0.4) is 0 Å². The molecule has 1 heterocycles. The molecule has 7 nitrogen and oxygen atoms in total. The fourth-order valence-corrected chi connectivity index (χ4v) is 1.81. The van der Waals surface area contributed by atoms with Crippen molar-refractivity contribution in [2.75, 3.05) is 16.8 Å².